The summed E-state index contributed by atoms with van der Waals surface area (Å²) in [7, 11) is 3.16. The van der Waals surface area contributed by atoms with E-state index >= 15 is 0 Å². The lowest BCUT2D eigenvalue weighted by molar-refractivity contribution is -0.150. The average molecular weight is 484 g/mol. The third-order valence-electron chi connectivity index (χ3n) is 6.67. The zero-order valence-corrected chi connectivity index (χ0v) is 21.7. The van der Waals surface area contributed by atoms with Crippen LogP contribution in [0.2, 0.25) is 0 Å². The van der Waals surface area contributed by atoms with Crippen molar-refractivity contribution in [2.75, 3.05) is 20.8 Å². The highest BCUT2D eigenvalue weighted by atomic mass is 16.5. The molecule has 0 saturated carbocycles. The summed E-state index contributed by atoms with van der Waals surface area (Å²) in [6.45, 7) is 10.5. The molecule has 190 valence electrons. The monoisotopic (exact) mass is 483 g/mol. The first-order chi connectivity index (χ1) is 16.5. The van der Waals surface area contributed by atoms with Gasteiger partial charge in [-0.3, -0.25) is 14.8 Å². The lowest BCUT2D eigenvalue weighted by Gasteiger charge is -2.39. The Morgan fingerprint density at radius 2 is 1.94 bits per heavy atom. The second-order valence-corrected chi connectivity index (χ2v) is 10.8. The van der Waals surface area contributed by atoms with E-state index < -0.39 is 17.6 Å². The van der Waals surface area contributed by atoms with Crippen LogP contribution < -0.4 is 4.74 Å². The van der Waals surface area contributed by atoms with Crippen molar-refractivity contribution in [3.8, 4) is 5.75 Å². The number of carbonyl (C=O) groups is 2. The highest BCUT2D eigenvalue weighted by molar-refractivity contribution is 5.99. The third kappa shape index (κ3) is 5.17. The van der Waals surface area contributed by atoms with E-state index in [1.165, 1.54) is 4.90 Å². The summed E-state index contributed by atoms with van der Waals surface area (Å²) >= 11 is 0. The van der Waals surface area contributed by atoms with E-state index in [1.807, 2.05) is 19.9 Å². The number of carboxylic acids is 1. The zero-order chi connectivity index (χ0) is 26.0. The Kier molecular flexibility index (Phi) is 7.84. The minimum atomic E-state index is -1.41. The standard InChI is InChI=1S/C27H37N3O5/c1-17(2)13-27(25(32)33)14-19(16-34-6)23(21-15-28-10-11-29-21)30(27)24(31)18-8-9-20(26(3,4)5)22(12-18)35-7/h8-12,15,17,19,23H,13-14,16H2,1-7H3,(H,32,33)/t19-,23-,27+/m1/s1. The number of hydrogen-bond donors (Lipinski definition) is 1. The van der Waals surface area contributed by atoms with Gasteiger partial charge in [0, 0.05) is 31.0 Å². The molecule has 35 heavy (non-hydrogen) atoms. The van der Waals surface area contributed by atoms with Gasteiger partial charge < -0.3 is 19.5 Å². The summed E-state index contributed by atoms with van der Waals surface area (Å²) in [4.78, 5) is 37.4. The van der Waals surface area contributed by atoms with E-state index in [-0.39, 0.29) is 29.6 Å². The Bertz CT molecular complexity index is 1050. The van der Waals surface area contributed by atoms with Crippen LogP contribution >= 0.6 is 0 Å². The first-order valence-electron chi connectivity index (χ1n) is 12.0. The van der Waals surface area contributed by atoms with E-state index in [0.29, 0.717) is 30.0 Å². The molecular weight excluding hydrogens is 446 g/mol. The molecule has 1 saturated heterocycles. The van der Waals surface area contributed by atoms with Gasteiger partial charge in [-0.1, -0.05) is 40.7 Å². The largest absolute Gasteiger partial charge is 0.496 e. The Balaban J connectivity index is 2.22. The fourth-order valence-corrected chi connectivity index (χ4v) is 5.36. The lowest BCUT2D eigenvalue weighted by Crippen LogP contribution is -2.54. The first-order valence-corrected chi connectivity index (χ1v) is 12.0. The minimum absolute atomic E-state index is 0.0444. The first kappa shape index (κ1) is 26.6. The predicted molar refractivity (Wildman–Crippen MR) is 132 cm³/mol. The summed E-state index contributed by atoms with van der Waals surface area (Å²) in [6.07, 6.45) is 5.29. The van der Waals surface area contributed by atoms with Crippen molar-refractivity contribution in [3.63, 3.8) is 0 Å². The van der Waals surface area contributed by atoms with Crippen LogP contribution in [0.15, 0.2) is 36.8 Å². The number of likely N-dealkylation sites (tertiary alicyclic amines) is 1. The molecule has 1 aliphatic rings. The maximum atomic E-state index is 14.2. The van der Waals surface area contributed by atoms with Crippen LogP contribution in [0.25, 0.3) is 0 Å². The van der Waals surface area contributed by atoms with Crippen LogP contribution in [0.4, 0.5) is 0 Å². The number of nitrogens with zero attached hydrogens (tertiary/aromatic N) is 3. The minimum Gasteiger partial charge on any atom is -0.496 e. The summed E-state index contributed by atoms with van der Waals surface area (Å²) in [5, 5.41) is 10.6. The molecule has 2 aromatic rings. The number of ether oxygens (including phenoxy) is 2. The van der Waals surface area contributed by atoms with Gasteiger partial charge in [0.15, 0.2) is 0 Å². The number of aromatic nitrogens is 2. The number of carbonyl (C=O) groups excluding carboxylic acids is 1. The number of hydrogen-bond acceptors (Lipinski definition) is 6. The summed E-state index contributed by atoms with van der Waals surface area (Å²) < 4.78 is 11.1. The van der Waals surface area contributed by atoms with Crippen molar-refractivity contribution < 1.29 is 24.2 Å². The van der Waals surface area contributed by atoms with Crippen LogP contribution in [0.1, 0.15) is 75.1 Å². The van der Waals surface area contributed by atoms with E-state index in [1.54, 1.807) is 44.9 Å². The molecule has 1 amide bonds. The lowest BCUT2D eigenvalue weighted by atomic mass is 9.83. The van der Waals surface area contributed by atoms with Gasteiger partial charge in [-0.15, -0.1) is 0 Å². The van der Waals surface area contributed by atoms with Crippen molar-refractivity contribution in [2.24, 2.45) is 11.8 Å². The molecule has 0 unspecified atom stereocenters. The van der Waals surface area contributed by atoms with E-state index in [4.69, 9.17) is 9.47 Å². The number of carboxylic acid groups (broad SMARTS) is 1. The van der Waals surface area contributed by atoms with Crippen molar-refractivity contribution in [1.82, 2.24) is 14.9 Å². The molecule has 1 aromatic heterocycles. The van der Waals surface area contributed by atoms with Crippen molar-refractivity contribution in [2.45, 2.75) is 64.5 Å². The van der Waals surface area contributed by atoms with Gasteiger partial charge in [0.05, 0.1) is 31.6 Å². The SMILES string of the molecule is COC[C@H]1C[C@@](CC(C)C)(C(=O)O)N(C(=O)c2ccc(C(C)(C)C)c(OC)c2)[C@H]1c1cnccn1. The molecule has 3 atom stereocenters. The Hall–Kier alpha value is -3.00. The van der Waals surface area contributed by atoms with Crippen LogP contribution in [-0.4, -0.2) is 58.2 Å². The van der Waals surface area contributed by atoms with Gasteiger partial charge in [0.25, 0.3) is 5.91 Å². The smallest absolute Gasteiger partial charge is 0.329 e. The average Bonchev–Trinajstić information content (AvgIpc) is 3.12. The van der Waals surface area contributed by atoms with Gasteiger partial charge in [-0.05, 0) is 41.9 Å². The van der Waals surface area contributed by atoms with E-state index in [0.717, 1.165) is 5.56 Å². The van der Waals surface area contributed by atoms with E-state index in [9.17, 15) is 14.7 Å². The number of benzene rings is 1. The van der Waals surface area contributed by atoms with Gasteiger partial charge >= 0.3 is 5.97 Å². The fourth-order valence-electron chi connectivity index (χ4n) is 5.36. The highest BCUT2D eigenvalue weighted by Crippen LogP contribution is 2.50. The van der Waals surface area contributed by atoms with Gasteiger partial charge in [-0.2, -0.15) is 0 Å². The van der Waals surface area contributed by atoms with Crippen molar-refractivity contribution in [3.05, 3.63) is 53.6 Å². The Morgan fingerprint density at radius 1 is 1.23 bits per heavy atom. The molecule has 1 N–H and O–H groups in total. The summed E-state index contributed by atoms with van der Waals surface area (Å²) in [6, 6.07) is 4.75. The second kappa shape index (κ2) is 10.3. The molecular formula is C27H37N3O5. The summed E-state index contributed by atoms with van der Waals surface area (Å²) in [5.41, 5.74) is 0.290. The molecule has 1 fully saturated rings. The van der Waals surface area contributed by atoms with Crippen molar-refractivity contribution >= 4 is 11.9 Å². The van der Waals surface area contributed by atoms with Gasteiger partial charge in [0.2, 0.25) is 0 Å². The molecule has 1 aliphatic heterocycles. The predicted octanol–water partition coefficient (Wildman–Crippen LogP) is 4.50. The molecule has 1 aromatic carbocycles. The quantitative estimate of drug-likeness (QED) is 0.590. The summed E-state index contributed by atoms with van der Waals surface area (Å²) in [5.74, 6) is -1.02. The fraction of sp³-hybridized carbons (Fsp3) is 0.556. The van der Waals surface area contributed by atoms with Crippen molar-refractivity contribution in [1.29, 1.82) is 0 Å². The van der Waals surface area contributed by atoms with Crippen LogP contribution in [0.5, 0.6) is 5.75 Å². The molecule has 0 bridgehead atoms. The zero-order valence-electron chi connectivity index (χ0n) is 21.7. The Labute approximate surface area is 207 Å². The van der Waals surface area contributed by atoms with Crippen LogP contribution in [0, 0.1) is 11.8 Å². The highest BCUT2D eigenvalue weighted by Gasteiger charge is 2.59. The molecule has 8 heteroatoms. The molecule has 8 nitrogen and oxygen atoms in total. The number of aliphatic carboxylic acids is 1. The van der Waals surface area contributed by atoms with Crippen LogP contribution in [-0.2, 0) is 14.9 Å². The maximum absolute atomic E-state index is 14.2. The molecule has 3 rings (SSSR count). The topological polar surface area (TPSA) is 102 Å². The normalized spacial score (nSPS) is 22.5. The van der Waals surface area contributed by atoms with Gasteiger partial charge in [0.1, 0.15) is 11.3 Å². The number of rotatable bonds is 8. The maximum Gasteiger partial charge on any atom is 0.329 e. The molecule has 0 radical (unpaired) electrons. The van der Waals surface area contributed by atoms with Gasteiger partial charge in [-0.25, -0.2) is 4.79 Å². The third-order valence-corrected chi connectivity index (χ3v) is 6.67. The second-order valence-electron chi connectivity index (χ2n) is 10.8. The Morgan fingerprint density at radius 3 is 2.46 bits per heavy atom. The molecule has 2 heterocycles. The number of amides is 1. The molecule has 0 aliphatic carbocycles. The molecule has 0 spiro atoms. The number of methoxy groups -OCH3 is 2. The van der Waals surface area contributed by atoms with Crippen LogP contribution in [0.3, 0.4) is 0 Å². The van der Waals surface area contributed by atoms with E-state index in [2.05, 4.69) is 30.7 Å².